The van der Waals surface area contributed by atoms with Crippen molar-refractivity contribution >= 4 is 29.1 Å². The van der Waals surface area contributed by atoms with Crippen molar-refractivity contribution in [3.8, 4) is 0 Å². The molecule has 1 aromatic rings. The third kappa shape index (κ3) is 2.92. The molecule has 1 heterocycles. The van der Waals surface area contributed by atoms with E-state index < -0.39 is 0 Å². The maximum atomic E-state index is 7.32. The summed E-state index contributed by atoms with van der Waals surface area (Å²) in [7, 11) is 0. The second-order valence-corrected chi connectivity index (χ2v) is 6.07. The van der Waals surface area contributed by atoms with Crippen molar-refractivity contribution in [2.45, 2.75) is 30.5 Å². The Balaban J connectivity index is 1.85. The van der Waals surface area contributed by atoms with Gasteiger partial charge in [0.2, 0.25) is 0 Å². The molecule has 1 aliphatic rings. The number of nitrogens with zero attached hydrogens (tertiary/aromatic N) is 2. The van der Waals surface area contributed by atoms with Gasteiger partial charge in [0.15, 0.2) is 4.34 Å². The van der Waals surface area contributed by atoms with E-state index in [0.717, 1.165) is 22.3 Å². The zero-order valence-electron chi connectivity index (χ0n) is 8.62. The molecule has 6 heteroatoms. The molecule has 0 atom stereocenters. The number of nitrogens with two attached hydrogens (primary N) is 1. The number of hydrogen-bond acceptors (Lipinski definition) is 5. The van der Waals surface area contributed by atoms with Crippen molar-refractivity contribution in [3.63, 3.8) is 0 Å². The Kier molecular flexibility index (Phi) is 2.97. The Labute approximate surface area is 97.3 Å². The number of nitrogens with one attached hydrogen (secondary N) is 1. The first kappa shape index (κ1) is 10.9. The molecule has 1 aliphatic carbocycles. The van der Waals surface area contributed by atoms with E-state index in [1.807, 2.05) is 6.92 Å². The molecule has 1 fully saturated rings. The lowest BCUT2D eigenvalue weighted by atomic mass is 10.1. The van der Waals surface area contributed by atoms with Crippen molar-refractivity contribution < 1.29 is 0 Å². The van der Waals surface area contributed by atoms with Crippen LogP contribution < -0.4 is 5.73 Å². The van der Waals surface area contributed by atoms with Crippen LogP contribution in [0.1, 0.15) is 25.1 Å². The summed E-state index contributed by atoms with van der Waals surface area (Å²) in [6.07, 6.45) is 3.12. The molecule has 0 amide bonds. The average Bonchev–Trinajstić information content (AvgIpc) is 2.77. The quantitative estimate of drug-likeness (QED) is 0.471. The van der Waals surface area contributed by atoms with Gasteiger partial charge in [0.05, 0.1) is 5.84 Å². The van der Waals surface area contributed by atoms with Crippen LogP contribution in [0.25, 0.3) is 0 Å². The van der Waals surface area contributed by atoms with Crippen molar-refractivity contribution in [1.29, 1.82) is 5.41 Å². The van der Waals surface area contributed by atoms with Crippen LogP contribution in [-0.4, -0.2) is 20.9 Å². The molecular weight excluding hydrogens is 228 g/mol. The number of amidine groups is 1. The molecule has 15 heavy (non-hydrogen) atoms. The molecular formula is C9H14N4S2. The Hall–Kier alpha value is -0.620. The molecule has 0 bridgehead atoms. The molecule has 0 saturated heterocycles. The summed E-state index contributed by atoms with van der Waals surface area (Å²) in [5.41, 5.74) is 5.73. The van der Waals surface area contributed by atoms with Crippen molar-refractivity contribution in [2.75, 3.05) is 5.75 Å². The van der Waals surface area contributed by atoms with Crippen LogP contribution in [0.4, 0.5) is 0 Å². The standard InChI is InChI=1S/C9H14N4S2/c1-6-12-8(15-13-6)14-5-9(2-3-9)4-7(10)11/h2-5H2,1H3,(H3,10,11). The third-order valence-corrected chi connectivity index (χ3v) is 4.81. The van der Waals surface area contributed by atoms with E-state index in [1.54, 1.807) is 11.8 Å². The molecule has 0 aliphatic heterocycles. The van der Waals surface area contributed by atoms with Crippen LogP contribution in [0.2, 0.25) is 0 Å². The van der Waals surface area contributed by atoms with Gasteiger partial charge in [-0.05, 0) is 36.7 Å². The van der Waals surface area contributed by atoms with Gasteiger partial charge in [0, 0.05) is 12.2 Å². The van der Waals surface area contributed by atoms with Crippen molar-refractivity contribution in [3.05, 3.63) is 5.82 Å². The maximum absolute atomic E-state index is 7.32. The molecule has 0 radical (unpaired) electrons. The fraction of sp³-hybridized carbons (Fsp3) is 0.667. The van der Waals surface area contributed by atoms with E-state index in [9.17, 15) is 0 Å². The average molecular weight is 242 g/mol. The Morgan fingerprint density at radius 3 is 2.87 bits per heavy atom. The van der Waals surface area contributed by atoms with Crippen LogP contribution in [0, 0.1) is 17.7 Å². The molecule has 1 saturated carbocycles. The number of hydrogen-bond donors (Lipinski definition) is 2. The third-order valence-electron chi connectivity index (χ3n) is 2.53. The summed E-state index contributed by atoms with van der Waals surface area (Å²) in [5.74, 6) is 2.17. The lowest BCUT2D eigenvalue weighted by molar-refractivity contribution is 0.612. The van der Waals surface area contributed by atoms with Gasteiger partial charge < -0.3 is 5.73 Å². The molecule has 1 aromatic heterocycles. The monoisotopic (exact) mass is 242 g/mol. The second kappa shape index (κ2) is 4.09. The van der Waals surface area contributed by atoms with E-state index >= 15 is 0 Å². The number of aromatic nitrogens is 2. The van der Waals surface area contributed by atoms with Gasteiger partial charge in [-0.1, -0.05) is 11.8 Å². The van der Waals surface area contributed by atoms with E-state index in [2.05, 4.69) is 9.36 Å². The fourth-order valence-corrected chi connectivity index (χ4v) is 3.44. The summed E-state index contributed by atoms with van der Waals surface area (Å²) in [4.78, 5) is 4.31. The van der Waals surface area contributed by atoms with Crippen LogP contribution in [0.5, 0.6) is 0 Å². The molecule has 82 valence electrons. The molecule has 2 rings (SSSR count). The maximum Gasteiger partial charge on any atom is 0.170 e. The minimum Gasteiger partial charge on any atom is -0.388 e. The van der Waals surface area contributed by atoms with Crippen molar-refractivity contribution in [2.24, 2.45) is 11.1 Å². The highest BCUT2D eigenvalue weighted by molar-refractivity contribution is 8.00. The normalized spacial score (nSPS) is 17.7. The van der Waals surface area contributed by atoms with E-state index in [0.29, 0.717) is 5.84 Å². The first-order valence-electron chi connectivity index (χ1n) is 4.86. The Bertz CT molecular complexity index is 370. The molecule has 4 nitrogen and oxygen atoms in total. The molecule has 0 unspecified atom stereocenters. The number of thioether (sulfide) groups is 1. The first-order valence-corrected chi connectivity index (χ1v) is 6.62. The van der Waals surface area contributed by atoms with Crippen molar-refractivity contribution in [1.82, 2.24) is 9.36 Å². The zero-order chi connectivity index (χ0) is 10.9. The smallest absolute Gasteiger partial charge is 0.170 e. The van der Waals surface area contributed by atoms with Crippen LogP contribution in [0.15, 0.2) is 4.34 Å². The largest absolute Gasteiger partial charge is 0.388 e. The van der Waals surface area contributed by atoms with Gasteiger partial charge in [-0.25, -0.2) is 4.98 Å². The second-order valence-electron chi connectivity index (χ2n) is 4.10. The zero-order valence-corrected chi connectivity index (χ0v) is 10.2. The fourth-order valence-electron chi connectivity index (χ4n) is 1.50. The van der Waals surface area contributed by atoms with E-state index in [-0.39, 0.29) is 5.41 Å². The highest BCUT2D eigenvalue weighted by Crippen LogP contribution is 2.51. The van der Waals surface area contributed by atoms with Gasteiger partial charge in [-0.15, -0.1) is 0 Å². The molecule has 0 aromatic carbocycles. The van der Waals surface area contributed by atoms with Gasteiger partial charge in [-0.3, -0.25) is 5.41 Å². The van der Waals surface area contributed by atoms with Crippen LogP contribution in [0.3, 0.4) is 0 Å². The van der Waals surface area contributed by atoms with Crippen LogP contribution >= 0.6 is 23.3 Å². The first-order chi connectivity index (χ1) is 7.10. The number of aryl methyl sites for hydroxylation is 1. The summed E-state index contributed by atoms with van der Waals surface area (Å²) in [6.45, 7) is 1.91. The van der Waals surface area contributed by atoms with Gasteiger partial charge >= 0.3 is 0 Å². The lowest BCUT2D eigenvalue weighted by Crippen LogP contribution is -2.17. The highest BCUT2D eigenvalue weighted by Gasteiger charge is 2.43. The lowest BCUT2D eigenvalue weighted by Gasteiger charge is -2.11. The predicted molar refractivity (Wildman–Crippen MR) is 63.6 cm³/mol. The topological polar surface area (TPSA) is 75.7 Å². The Morgan fingerprint density at radius 2 is 2.40 bits per heavy atom. The SMILES string of the molecule is Cc1nsc(SCC2(CC(=N)N)CC2)n1. The number of rotatable bonds is 5. The molecule has 0 spiro atoms. The van der Waals surface area contributed by atoms with Gasteiger partial charge in [-0.2, -0.15) is 4.37 Å². The van der Waals surface area contributed by atoms with E-state index in [1.165, 1.54) is 24.4 Å². The minimum atomic E-state index is 0.288. The molecule has 3 N–H and O–H groups in total. The predicted octanol–water partition coefficient (Wildman–Crippen LogP) is 2.04. The highest BCUT2D eigenvalue weighted by atomic mass is 32.2. The minimum absolute atomic E-state index is 0.288. The summed E-state index contributed by atoms with van der Waals surface area (Å²) in [5, 5.41) is 7.32. The van der Waals surface area contributed by atoms with Gasteiger partial charge in [0.1, 0.15) is 5.82 Å². The summed E-state index contributed by atoms with van der Waals surface area (Å²) in [6, 6.07) is 0. The summed E-state index contributed by atoms with van der Waals surface area (Å²) >= 11 is 3.20. The van der Waals surface area contributed by atoms with E-state index in [4.69, 9.17) is 11.1 Å². The Morgan fingerprint density at radius 1 is 1.67 bits per heavy atom. The summed E-state index contributed by atoms with van der Waals surface area (Å²) < 4.78 is 5.17. The van der Waals surface area contributed by atoms with Gasteiger partial charge in [0.25, 0.3) is 0 Å². The van der Waals surface area contributed by atoms with Crippen LogP contribution in [-0.2, 0) is 0 Å².